The predicted molar refractivity (Wildman–Crippen MR) is 117 cm³/mol. The summed E-state index contributed by atoms with van der Waals surface area (Å²) in [7, 11) is 0. The molecule has 0 aromatic rings. The van der Waals surface area contributed by atoms with Gasteiger partial charge in [0.05, 0.1) is 6.07 Å². The first-order valence-electron chi connectivity index (χ1n) is 12.3. The van der Waals surface area contributed by atoms with Gasteiger partial charge in [-0.2, -0.15) is 5.26 Å². The van der Waals surface area contributed by atoms with Gasteiger partial charge in [0.25, 0.3) is 0 Å². The van der Waals surface area contributed by atoms with Crippen molar-refractivity contribution in [3.63, 3.8) is 0 Å². The molecule has 30 heavy (non-hydrogen) atoms. The van der Waals surface area contributed by atoms with Gasteiger partial charge in [-0.05, 0) is 43.9 Å². The minimum absolute atomic E-state index is 0.0371. The zero-order chi connectivity index (χ0) is 21.4. The van der Waals surface area contributed by atoms with Crippen LogP contribution in [-0.2, 0) is 9.59 Å². The number of hydrogen-bond donors (Lipinski definition) is 2. The number of nitrogens with two attached hydrogens (primary N) is 1. The molecule has 2 aliphatic carbocycles. The number of nitrogens with one attached hydrogen (secondary N) is 1. The lowest BCUT2D eigenvalue weighted by molar-refractivity contribution is -0.123. The molecule has 2 unspecified atom stereocenters. The second-order valence-corrected chi connectivity index (χ2v) is 9.96. The van der Waals surface area contributed by atoms with Gasteiger partial charge in [0, 0.05) is 32.0 Å². The molecule has 2 atom stereocenters. The summed E-state index contributed by atoms with van der Waals surface area (Å²) in [6.07, 6.45) is 15.6. The number of carbonyl (C=O) groups is 2. The van der Waals surface area contributed by atoms with Gasteiger partial charge in [0.15, 0.2) is 0 Å². The van der Waals surface area contributed by atoms with Crippen molar-refractivity contribution in [1.29, 1.82) is 5.26 Å². The Morgan fingerprint density at radius 1 is 1.03 bits per heavy atom. The van der Waals surface area contributed by atoms with Crippen molar-refractivity contribution in [2.24, 2.45) is 17.6 Å². The lowest BCUT2D eigenvalue weighted by atomic mass is 9.74. The van der Waals surface area contributed by atoms with Crippen LogP contribution in [0.15, 0.2) is 0 Å². The van der Waals surface area contributed by atoms with E-state index in [0.717, 1.165) is 13.0 Å². The number of hydrogen-bond acceptors (Lipinski definition) is 4. The first-order chi connectivity index (χ1) is 14.5. The van der Waals surface area contributed by atoms with Gasteiger partial charge in [-0.15, -0.1) is 0 Å². The van der Waals surface area contributed by atoms with Gasteiger partial charge in [-0.25, -0.2) is 0 Å². The molecule has 1 aliphatic heterocycles. The third kappa shape index (κ3) is 6.44. The molecule has 3 rings (SSSR count). The lowest BCUT2D eigenvalue weighted by Crippen LogP contribution is -2.60. The van der Waals surface area contributed by atoms with Crippen LogP contribution in [0.3, 0.4) is 0 Å². The fourth-order valence-corrected chi connectivity index (χ4v) is 5.99. The number of carbonyl (C=O) groups excluding carboxylic acids is 2. The Bertz CT molecular complexity index is 619. The second kappa shape index (κ2) is 11.1. The maximum atomic E-state index is 12.8. The standard InChI is InChI=1S/C24H40N4O2/c25-18-24(27-23(30)12-11-19-7-3-1-4-8-19)14-16-28(15-13-22(26)29)21(17-24)20-9-5-2-6-10-20/h19-21H,1-17H2,(H2,26,29)(H,27,30). The molecular formula is C24H40N4O2. The van der Waals surface area contributed by atoms with E-state index in [9.17, 15) is 14.9 Å². The van der Waals surface area contributed by atoms with E-state index >= 15 is 0 Å². The molecule has 0 aromatic heterocycles. The topological polar surface area (TPSA) is 99.2 Å². The van der Waals surface area contributed by atoms with Crippen LogP contribution in [-0.4, -0.2) is 41.4 Å². The summed E-state index contributed by atoms with van der Waals surface area (Å²) >= 11 is 0. The molecule has 3 aliphatic rings. The third-order valence-corrected chi connectivity index (χ3v) is 7.79. The third-order valence-electron chi connectivity index (χ3n) is 7.79. The Labute approximate surface area is 181 Å². The van der Waals surface area contributed by atoms with E-state index in [4.69, 9.17) is 5.73 Å². The first-order valence-corrected chi connectivity index (χ1v) is 12.3. The maximum Gasteiger partial charge on any atom is 0.221 e. The van der Waals surface area contributed by atoms with Gasteiger partial charge in [-0.1, -0.05) is 51.4 Å². The van der Waals surface area contributed by atoms with Gasteiger partial charge in [-0.3, -0.25) is 14.5 Å². The zero-order valence-electron chi connectivity index (χ0n) is 18.5. The highest BCUT2D eigenvalue weighted by atomic mass is 16.2. The minimum atomic E-state index is -0.769. The first kappa shape index (κ1) is 23.1. The predicted octanol–water partition coefficient (Wildman–Crippen LogP) is 3.65. The SMILES string of the molecule is N#CC1(NC(=O)CCC2CCCCC2)CCN(CCC(N)=O)C(C2CCCCC2)C1. The van der Waals surface area contributed by atoms with Crippen molar-refractivity contribution in [2.75, 3.05) is 13.1 Å². The summed E-state index contributed by atoms with van der Waals surface area (Å²) in [4.78, 5) is 26.5. The average Bonchev–Trinajstić information content (AvgIpc) is 2.78. The summed E-state index contributed by atoms with van der Waals surface area (Å²) < 4.78 is 0. The normalized spacial score (nSPS) is 29.2. The molecule has 6 heteroatoms. The smallest absolute Gasteiger partial charge is 0.221 e. The van der Waals surface area contributed by atoms with Crippen LogP contribution in [0.1, 0.15) is 96.3 Å². The maximum absolute atomic E-state index is 12.8. The van der Waals surface area contributed by atoms with Crippen molar-refractivity contribution in [3.05, 3.63) is 0 Å². The van der Waals surface area contributed by atoms with E-state index in [1.807, 2.05) is 0 Å². The summed E-state index contributed by atoms with van der Waals surface area (Å²) in [5.74, 6) is 0.979. The number of primary amides is 1. The molecule has 168 valence electrons. The monoisotopic (exact) mass is 416 g/mol. The number of nitriles is 1. The van der Waals surface area contributed by atoms with Crippen molar-refractivity contribution in [1.82, 2.24) is 10.2 Å². The Hall–Kier alpha value is -1.61. The molecule has 1 heterocycles. The Morgan fingerprint density at radius 3 is 2.33 bits per heavy atom. The van der Waals surface area contributed by atoms with Crippen LogP contribution in [0.25, 0.3) is 0 Å². The van der Waals surface area contributed by atoms with Gasteiger partial charge in [0.1, 0.15) is 5.54 Å². The average molecular weight is 417 g/mol. The quantitative estimate of drug-likeness (QED) is 0.631. The molecule has 0 aromatic carbocycles. The fourth-order valence-electron chi connectivity index (χ4n) is 5.99. The number of nitrogens with zero attached hydrogens (tertiary/aromatic N) is 2. The minimum Gasteiger partial charge on any atom is -0.370 e. The molecule has 0 bridgehead atoms. The molecule has 3 N–H and O–H groups in total. The van der Waals surface area contributed by atoms with Crippen LogP contribution in [0.2, 0.25) is 0 Å². The van der Waals surface area contributed by atoms with E-state index in [2.05, 4.69) is 16.3 Å². The summed E-state index contributed by atoms with van der Waals surface area (Å²) in [6.45, 7) is 1.40. The zero-order valence-corrected chi connectivity index (χ0v) is 18.5. The van der Waals surface area contributed by atoms with Crippen LogP contribution >= 0.6 is 0 Å². The molecule has 1 saturated heterocycles. The van der Waals surface area contributed by atoms with Gasteiger partial charge >= 0.3 is 0 Å². The van der Waals surface area contributed by atoms with Crippen molar-refractivity contribution in [2.45, 2.75) is 108 Å². The highest BCUT2D eigenvalue weighted by molar-refractivity contribution is 5.77. The molecule has 2 amide bonds. The summed E-state index contributed by atoms with van der Waals surface area (Å²) in [5.41, 5.74) is 4.63. The van der Waals surface area contributed by atoms with E-state index in [1.54, 1.807) is 0 Å². The highest BCUT2D eigenvalue weighted by Crippen LogP contribution is 2.37. The molecule has 0 radical (unpaired) electrons. The fraction of sp³-hybridized carbons (Fsp3) is 0.875. The Kier molecular flexibility index (Phi) is 8.56. The highest BCUT2D eigenvalue weighted by Gasteiger charge is 2.44. The number of piperidine rings is 1. The van der Waals surface area contributed by atoms with E-state index in [0.29, 0.717) is 44.1 Å². The van der Waals surface area contributed by atoms with Gasteiger partial charge in [0.2, 0.25) is 11.8 Å². The molecule has 3 fully saturated rings. The molecule has 2 saturated carbocycles. The lowest BCUT2D eigenvalue weighted by Gasteiger charge is -2.47. The van der Waals surface area contributed by atoms with Gasteiger partial charge < -0.3 is 11.1 Å². The second-order valence-electron chi connectivity index (χ2n) is 9.96. The Morgan fingerprint density at radius 2 is 1.70 bits per heavy atom. The summed E-state index contributed by atoms with van der Waals surface area (Å²) in [5, 5.41) is 13.2. The largest absolute Gasteiger partial charge is 0.370 e. The van der Waals surface area contributed by atoms with Crippen molar-refractivity contribution < 1.29 is 9.59 Å². The number of likely N-dealkylation sites (tertiary alicyclic amines) is 1. The number of amides is 2. The van der Waals surface area contributed by atoms with Crippen molar-refractivity contribution in [3.8, 4) is 6.07 Å². The van der Waals surface area contributed by atoms with Crippen LogP contribution in [0.5, 0.6) is 0 Å². The molecule has 0 spiro atoms. The Balaban J connectivity index is 1.60. The van der Waals surface area contributed by atoms with Crippen LogP contribution in [0, 0.1) is 23.2 Å². The number of rotatable bonds is 8. The van der Waals surface area contributed by atoms with E-state index in [1.165, 1.54) is 64.2 Å². The molecular weight excluding hydrogens is 376 g/mol. The summed E-state index contributed by atoms with van der Waals surface area (Å²) in [6, 6.07) is 2.74. The molecule has 6 nitrogen and oxygen atoms in total. The van der Waals surface area contributed by atoms with Crippen molar-refractivity contribution >= 4 is 11.8 Å². The van der Waals surface area contributed by atoms with Crippen LogP contribution in [0.4, 0.5) is 0 Å². The van der Waals surface area contributed by atoms with E-state index < -0.39 is 5.54 Å². The van der Waals surface area contributed by atoms with E-state index in [-0.39, 0.29) is 17.9 Å². The van der Waals surface area contributed by atoms with Crippen LogP contribution < -0.4 is 11.1 Å².